The number of carbonyl (C=O) groups is 1. The van der Waals surface area contributed by atoms with Crippen LogP contribution in [-0.4, -0.2) is 94.9 Å². The maximum Gasteiger partial charge on any atom is 0.243 e. The normalized spacial score (nSPS) is 15.0. The number of likely N-dealkylation sites (N-methyl/N-ethyl adjacent to an activating group) is 1. The first kappa shape index (κ1) is 24.0. The molecule has 0 radical (unpaired) electrons. The van der Waals surface area contributed by atoms with Crippen LogP contribution >= 0.6 is 0 Å². The Morgan fingerprint density at radius 1 is 1.23 bits per heavy atom. The lowest BCUT2D eigenvalue weighted by Crippen LogP contribution is -2.45. The third kappa shape index (κ3) is 9.45. The standard InChI is InChI=1S/C22H37N5O3/c1-4-14-30-20-7-5-6-19(17-20)8-9-23-22(25-18-21(28)26(2)3)24-10-11-27-12-15-29-16-13-27/h5-7,17H,4,8-16,18H2,1-3H3,(H2,23,24,25). The molecule has 1 heterocycles. The Labute approximate surface area is 180 Å². The zero-order valence-corrected chi connectivity index (χ0v) is 18.7. The third-order valence-electron chi connectivity index (χ3n) is 4.77. The second-order valence-electron chi connectivity index (χ2n) is 7.51. The Bertz CT molecular complexity index is 660. The number of benzene rings is 1. The molecular weight excluding hydrogens is 382 g/mol. The topological polar surface area (TPSA) is 78.4 Å². The molecule has 0 unspecified atom stereocenters. The highest BCUT2D eigenvalue weighted by molar-refractivity contribution is 5.84. The van der Waals surface area contributed by atoms with E-state index in [1.807, 2.05) is 12.1 Å². The lowest BCUT2D eigenvalue weighted by atomic mass is 10.1. The van der Waals surface area contributed by atoms with Crippen molar-refractivity contribution in [3.63, 3.8) is 0 Å². The van der Waals surface area contributed by atoms with E-state index in [1.165, 1.54) is 5.56 Å². The molecule has 2 N–H and O–H groups in total. The van der Waals surface area contributed by atoms with Gasteiger partial charge in [-0.1, -0.05) is 19.1 Å². The molecule has 168 valence electrons. The number of nitrogens with zero attached hydrogens (tertiary/aromatic N) is 3. The van der Waals surface area contributed by atoms with E-state index < -0.39 is 0 Å². The van der Waals surface area contributed by atoms with Crippen LogP contribution in [-0.2, 0) is 16.0 Å². The van der Waals surface area contributed by atoms with Crippen molar-refractivity contribution >= 4 is 11.9 Å². The van der Waals surface area contributed by atoms with Crippen molar-refractivity contribution in [3.8, 4) is 5.75 Å². The van der Waals surface area contributed by atoms with Gasteiger partial charge >= 0.3 is 0 Å². The SMILES string of the molecule is CCCOc1cccc(CCNC(=NCC(=O)N(C)C)NCCN2CCOCC2)c1. The summed E-state index contributed by atoms with van der Waals surface area (Å²) in [6.45, 7) is 8.85. The van der Waals surface area contributed by atoms with Gasteiger partial charge in [0.2, 0.25) is 5.91 Å². The molecule has 0 aromatic heterocycles. The van der Waals surface area contributed by atoms with Gasteiger partial charge in [0.05, 0.1) is 19.8 Å². The summed E-state index contributed by atoms with van der Waals surface area (Å²) in [5, 5.41) is 6.69. The molecule has 8 nitrogen and oxygen atoms in total. The number of hydrogen-bond donors (Lipinski definition) is 2. The van der Waals surface area contributed by atoms with Gasteiger partial charge in [-0.3, -0.25) is 9.69 Å². The molecule has 0 aliphatic carbocycles. The molecule has 2 rings (SSSR count). The van der Waals surface area contributed by atoms with E-state index in [4.69, 9.17) is 9.47 Å². The number of aliphatic imine (C=N–C) groups is 1. The monoisotopic (exact) mass is 419 g/mol. The highest BCUT2D eigenvalue weighted by Gasteiger charge is 2.10. The van der Waals surface area contributed by atoms with Gasteiger partial charge in [-0.15, -0.1) is 0 Å². The van der Waals surface area contributed by atoms with Crippen molar-refractivity contribution in [1.29, 1.82) is 0 Å². The second-order valence-corrected chi connectivity index (χ2v) is 7.51. The van der Waals surface area contributed by atoms with Gasteiger partial charge in [0.15, 0.2) is 5.96 Å². The maximum absolute atomic E-state index is 11.9. The quantitative estimate of drug-likeness (QED) is 0.411. The Hall–Kier alpha value is -2.32. The van der Waals surface area contributed by atoms with Crippen molar-refractivity contribution in [3.05, 3.63) is 29.8 Å². The molecule has 0 atom stereocenters. The zero-order valence-electron chi connectivity index (χ0n) is 18.7. The minimum Gasteiger partial charge on any atom is -0.494 e. The summed E-state index contributed by atoms with van der Waals surface area (Å²) < 4.78 is 11.1. The minimum atomic E-state index is -0.0231. The van der Waals surface area contributed by atoms with Crippen molar-refractivity contribution < 1.29 is 14.3 Å². The van der Waals surface area contributed by atoms with Crippen molar-refractivity contribution in [1.82, 2.24) is 20.4 Å². The van der Waals surface area contributed by atoms with Crippen LogP contribution in [0.1, 0.15) is 18.9 Å². The molecule has 1 aliphatic rings. The first-order valence-corrected chi connectivity index (χ1v) is 10.8. The smallest absolute Gasteiger partial charge is 0.243 e. The molecule has 30 heavy (non-hydrogen) atoms. The van der Waals surface area contributed by atoms with Gasteiger partial charge in [-0.2, -0.15) is 0 Å². The highest BCUT2D eigenvalue weighted by atomic mass is 16.5. The number of guanidine groups is 1. The predicted octanol–water partition coefficient (Wildman–Crippen LogP) is 0.974. The Morgan fingerprint density at radius 3 is 2.73 bits per heavy atom. The van der Waals surface area contributed by atoms with Crippen molar-refractivity contribution in [2.75, 3.05) is 73.2 Å². The number of nitrogens with one attached hydrogen (secondary N) is 2. The third-order valence-corrected chi connectivity index (χ3v) is 4.77. The van der Waals surface area contributed by atoms with Crippen molar-refractivity contribution in [2.24, 2.45) is 4.99 Å². The van der Waals surface area contributed by atoms with Crippen LogP contribution in [0.4, 0.5) is 0 Å². The number of amides is 1. The number of carbonyl (C=O) groups excluding carboxylic acids is 1. The van der Waals surface area contributed by atoms with Crippen LogP contribution in [0.25, 0.3) is 0 Å². The summed E-state index contributed by atoms with van der Waals surface area (Å²) in [5.41, 5.74) is 1.20. The number of ether oxygens (including phenoxy) is 2. The summed E-state index contributed by atoms with van der Waals surface area (Å²) in [5.74, 6) is 1.55. The molecule has 0 saturated carbocycles. The van der Waals surface area contributed by atoms with Crippen LogP contribution in [0.2, 0.25) is 0 Å². The van der Waals surface area contributed by atoms with Crippen LogP contribution in [0.3, 0.4) is 0 Å². The molecular formula is C22H37N5O3. The largest absolute Gasteiger partial charge is 0.494 e. The van der Waals surface area contributed by atoms with E-state index in [1.54, 1.807) is 19.0 Å². The van der Waals surface area contributed by atoms with E-state index in [-0.39, 0.29) is 12.5 Å². The second kappa shape index (κ2) is 13.8. The molecule has 1 saturated heterocycles. The van der Waals surface area contributed by atoms with E-state index in [2.05, 4.69) is 39.6 Å². The molecule has 1 fully saturated rings. The molecule has 0 bridgehead atoms. The number of hydrogen-bond acceptors (Lipinski definition) is 5. The lowest BCUT2D eigenvalue weighted by Gasteiger charge is -2.26. The zero-order chi connectivity index (χ0) is 21.6. The molecule has 8 heteroatoms. The summed E-state index contributed by atoms with van der Waals surface area (Å²) >= 11 is 0. The van der Waals surface area contributed by atoms with Gasteiger partial charge in [0, 0.05) is 46.8 Å². The maximum atomic E-state index is 11.9. The Morgan fingerprint density at radius 2 is 2.00 bits per heavy atom. The van der Waals surface area contributed by atoms with Crippen LogP contribution in [0.5, 0.6) is 5.75 Å². The molecule has 1 aliphatic heterocycles. The van der Waals surface area contributed by atoms with Gasteiger partial charge < -0.3 is 25.0 Å². The van der Waals surface area contributed by atoms with Crippen LogP contribution < -0.4 is 15.4 Å². The van der Waals surface area contributed by atoms with Crippen molar-refractivity contribution in [2.45, 2.75) is 19.8 Å². The fourth-order valence-electron chi connectivity index (χ4n) is 2.96. The lowest BCUT2D eigenvalue weighted by molar-refractivity contribution is -0.127. The fourth-order valence-corrected chi connectivity index (χ4v) is 2.96. The van der Waals surface area contributed by atoms with Gasteiger partial charge in [0.25, 0.3) is 0 Å². The Balaban J connectivity index is 1.83. The average Bonchev–Trinajstić information content (AvgIpc) is 2.76. The molecule has 1 aromatic rings. The van der Waals surface area contributed by atoms with Gasteiger partial charge in [-0.25, -0.2) is 4.99 Å². The van der Waals surface area contributed by atoms with Crippen LogP contribution in [0.15, 0.2) is 29.3 Å². The van der Waals surface area contributed by atoms with Gasteiger partial charge in [0.1, 0.15) is 12.3 Å². The highest BCUT2D eigenvalue weighted by Crippen LogP contribution is 2.13. The minimum absolute atomic E-state index is 0.0231. The molecule has 1 amide bonds. The first-order valence-electron chi connectivity index (χ1n) is 10.8. The summed E-state index contributed by atoms with van der Waals surface area (Å²) in [4.78, 5) is 20.3. The molecule has 0 spiro atoms. The van der Waals surface area contributed by atoms with E-state index in [0.29, 0.717) is 5.96 Å². The summed E-state index contributed by atoms with van der Waals surface area (Å²) in [6.07, 6.45) is 1.84. The first-order chi connectivity index (χ1) is 14.6. The van der Waals surface area contributed by atoms with Crippen LogP contribution in [0, 0.1) is 0 Å². The predicted molar refractivity (Wildman–Crippen MR) is 120 cm³/mol. The van der Waals surface area contributed by atoms with E-state index >= 15 is 0 Å². The average molecular weight is 420 g/mol. The number of rotatable bonds is 11. The van der Waals surface area contributed by atoms with E-state index in [9.17, 15) is 4.79 Å². The van der Waals surface area contributed by atoms with E-state index in [0.717, 1.165) is 71.1 Å². The Kier molecular flexibility index (Phi) is 11.0. The summed E-state index contributed by atoms with van der Waals surface area (Å²) in [6, 6.07) is 8.18. The fraction of sp³-hybridized carbons (Fsp3) is 0.636. The molecule has 1 aromatic carbocycles. The summed E-state index contributed by atoms with van der Waals surface area (Å²) in [7, 11) is 3.48. The van der Waals surface area contributed by atoms with Gasteiger partial charge in [-0.05, 0) is 30.5 Å². The number of morpholine rings is 1.